The molecular formula is C27H40O9. The molecular weight excluding hydrogens is 468 g/mol. The maximum absolute atomic E-state index is 12.5. The zero-order chi connectivity index (χ0) is 27.0. The van der Waals surface area contributed by atoms with Gasteiger partial charge in [0.05, 0.1) is 26.4 Å². The van der Waals surface area contributed by atoms with Crippen LogP contribution in [-0.4, -0.2) is 67.8 Å². The van der Waals surface area contributed by atoms with Crippen molar-refractivity contribution in [3.05, 3.63) is 35.9 Å². The van der Waals surface area contributed by atoms with Crippen LogP contribution in [0.4, 0.5) is 0 Å². The van der Waals surface area contributed by atoms with Crippen molar-refractivity contribution in [2.75, 3.05) is 33.0 Å². The molecule has 0 aliphatic carbocycles. The second-order valence-electron chi connectivity index (χ2n) is 8.35. The number of hydrogen-bond acceptors (Lipinski definition) is 9. The Kier molecular flexibility index (Phi) is 14.4. The largest absolute Gasteiger partial charge is 0.494 e. The van der Waals surface area contributed by atoms with E-state index in [-0.39, 0.29) is 26.4 Å². The van der Waals surface area contributed by atoms with Crippen LogP contribution < -0.4 is 4.74 Å². The Bertz CT molecular complexity index is 812. The summed E-state index contributed by atoms with van der Waals surface area (Å²) in [6.45, 7) is 9.24. The minimum atomic E-state index is -2.98. The number of aliphatic hydroxyl groups is 1. The minimum Gasteiger partial charge on any atom is -0.494 e. The highest BCUT2D eigenvalue weighted by Crippen LogP contribution is 2.22. The van der Waals surface area contributed by atoms with E-state index in [1.165, 1.54) is 13.8 Å². The van der Waals surface area contributed by atoms with Gasteiger partial charge in [-0.1, -0.05) is 38.1 Å². The van der Waals surface area contributed by atoms with Crippen molar-refractivity contribution in [1.82, 2.24) is 0 Å². The Labute approximate surface area is 213 Å². The fraction of sp³-hybridized carbons (Fsp3) is 0.593. The number of hydrogen-bond donors (Lipinski definition) is 1. The topological polar surface area (TPSA) is 118 Å². The average Bonchev–Trinajstić information content (AvgIpc) is 2.84. The van der Waals surface area contributed by atoms with Gasteiger partial charge in [0.2, 0.25) is 6.10 Å². The SMILES string of the molecule is CCOC(=O)C(OCCC/C=C/c1ccc(OCCC(C)C)cc1)C(O)(C(=O)OCC)C(=O)OCC. The quantitative estimate of drug-likeness (QED) is 0.145. The Balaban J connectivity index is 2.73. The van der Waals surface area contributed by atoms with Gasteiger partial charge >= 0.3 is 17.9 Å². The van der Waals surface area contributed by atoms with Crippen LogP contribution in [0.25, 0.3) is 6.08 Å². The predicted molar refractivity (Wildman–Crippen MR) is 134 cm³/mol. The third kappa shape index (κ3) is 9.99. The zero-order valence-corrected chi connectivity index (χ0v) is 22.0. The zero-order valence-electron chi connectivity index (χ0n) is 22.0. The van der Waals surface area contributed by atoms with E-state index in [4.69, 9.17) is 23.7 Å². The van der Waals surface area contributed by atoms with Crippen LogP contribution in [0.3, 0.4) is 0 Å². The summed E-state index contributed by atoms with van der Waals surface area (Å²) in [5, 5.41) is 10.9. The molecule has 0 aromatic heterocycles. The van der Waals surface area contributed by atoms with Gasteiger partial charge in [-0.25, -0.2) is 14.4 Å². The van der Waals surface area contributed by atoms with E-state index in [1.807, 2.05) is 36.4 Å². The van der Waals surface area contributed by atoms with E-state index in [9.17, 15) is 19.5 Å². The molecule has 9 nitrogen and oxygen atoms in total. The standard InChI is InChI=1S/C27H40O9/c1-6-32-24(28)23(27(31,25(29)33-7-2)26(30)34-8-3)36-18-11-9-10-12-21-13-15-22(16-14-21)35-19-17-20(4)5/h10,12-16,20,23,31H,6-9,11,17-19H2,1-5H3/b12-10+. The lowest BCUT2D eigenvalue weighted by Crippen LogP contribution is -2.61. The first-order valence-electron chi connectivity index (χ1n) is 12.4. The van der Waals surface area contributed by atoms with Gasteiger partial charge in [0.1, 0.15) is 5.75 Å². The highest BCUT2D eigenvalue weighted by molar-refractivity contribution is 6.08. The van der Waals surface area contributed by atoms with E-state index in [1.54, 1.807) is 6.92 Å². The van der Waals surface area contributed by atoms with Crippen molar-refractivity contribution >= 4 is 24.0 Å². The summed E-state index contributed by atoms with van der Waals surface area (Å²) in [6.07, 6.45) is 3.97. The van der Waals surface area contributed by atoms with Gasteiger partial charge in [-0.15, -0.1) is 0 Å². The van der Waals surface area contributed by atoms with Crippen molar-refractivity contribution in [2.45, 2.75) is 65.6 Å². The third-order valence-electron chi connectivity index (χ3n) is 5.01. The third-order valence-corrected chi connectivity index (χ3v) is 5.01. The first-order valence-corrected chi connectivity index (χ1v) is 12.4. The lowest BCUT2D eigenvalue weighted by molar-refractivity contribution is -0.208. The number of ether oxygens (including phenoxy) is 5. The van der Waals surface area contributed by atoms with Crippen LogP contribution in [0.15, 0.2) is 30.3 Å². The molecule has 1 N–H and O–H groups in total. The molecule has 1 unspecified atom stereocenters. The average molecular weight is 509 g/mol. The molecule has 0 fully saturated rings. The Morgan fingerprint density at radius 2 is 1.50 bits per heavy atom. The van der Waals surface area contributed by atoms with E-state index >= 15 is 0 Å². The molecule has 9 heteroatoms. The number of esters is 3. The molecule has 0 saturated carbocycles. The first kappa shape index (κ1) is 31.1. The number of benzene rings is 1. The van der Waals surface area contributed by atoms with Gasteiger partial charge < -0.3 is 28.8 Å². The Morgan fingerprint density at radius 1 is 0.917 bits per heavy atom. The first-order chi connectivity index (χ1) is 17.2. The summed E-state index contributed by atoms with van der Waals surface area (Å²) < 4.78 is 25.8. The van der Waals surface area contributed by atoms with Crippen molar-refractivity contribution < 1.29 is 43.2 Å². The molecule has 1 rings (SSSR count). The lowest BCUT2D eigenvalue weighted by atomic mass is 9.96. The summed E-state index contributed by atoms with van der Waals surface area (Å²) in [4.78, 5) is 37.4. The van der Waals surface area contributed by atoms with E-state index in [2.05, 4.69) is 13.8 Å². The highest BCUT2D eigenvalue weighted by atomic mass is 16.6. The maximum atomic E-state index is 12.5. The molecule has 0 aliphatic rings. The Hall–Kier alpha value is -2.91. The van der Waals surface area contributed by atoms with Crippen LogP contribution in [0.1, 0.15) is 59.4 Å². The molecule has 1 atom stereocenters. The smallest absolute Gasteiger partial charge is 0.353 e. The molecule has 0 amide bonds. The summed E-state index contributed by atoms with van der Waals surface area (Å²) in [6, 6.07) is 7.73. The second-order valence-corrected chi connectivity index (χ2v) is 8.35. The molecule has 0 heterocycles. The number of carbonyl (C=O) groups excluding carboxylic acids is 3. The summed E-state index contributed by atoms with van der Waals surface area (Å²) in [5.41, 5.74) is -1.98. The van der Waals surface area contributed by atoms with Gasteiger partial charge in [-0.3, -0.25) is 0 Å². The number of unbranched alkanes of at least 4 members (excludes halogenated alkanes) is 1. The van der Waals surface area contributed by atoms with Crippen molar-refractivity contribution in [2.24, 2.45) is 5.92 Å². The Morgan fingerprint density at radius 3 is 2.03 bits per heavy atom. The van der Waals surface area contributed by atoms with Crippen molar-refractivity contribution in [3.8, 4) is 5.75 Å². The fourth-order valence-corrected chi connectivity index (χ4v) is 3.07. The summed E-state index contributed by atoms with van der Waals surface area (Å²) in [5.74, 6) is -2.32. The maximum Gasteiger partial charge on any atom is 0.353 e. The monoisotopic (exact) mass is 508 g/mol. The lowest BCUT2D eigenvalue weighted by Gasteiger charge is -2.30. The van der Waals surface area contributed by atoms with Crippen molar-refractivity contribution in [3.63, 3.8) is 0 Å². The molecule has 0 aliphatic heterocycles. The van der Waals surface area contributed by atoms with E-state index < -0.39 is 29.6 Å². The van der Waals surface area contributed by atoms with Crippen LogP contribution in [-0.2, 0) is 33.3 Å². The molecule has 0 saturated heterocycles. The van der Waals surface area contributed by atoms with Gasteiger partial charge in [-0.2, -0.15) is 0 Å². The minimum absolute atomic E-state index is 0.0302. The van der Waals surface area contributed by atoms with Crippen LogP contribution in [0.5, 0.6) is 5.75 Å². The van der Waals surface area contributed by atoms with Gasteiger partial charge in [0.25, 0.3) is 5.60 Å². The van der Waals surface area contributed by atoms with Gasteiger partial charge in [0.15, 0.2) is 0 Å². The summed E-state index contributed by atoms with van der Waals surface area (Å²) >= 11 is 0. The van der Waals surface area contributed by atoms with Crippen LogP contribution in [0, 0.1) is 5.92 Å². The molecule has 0 radical (unpaired) electrons. The molecule has 1 aromatic carbocycles. The van der Waals surface area contributed by atoms with E-state index in [0.717, 1.165) is 17.7 Å². The molecule has 202 valence electrons. The van der Waals surface area contributed by atoms with E-state index in [0.29, 0.717) is 25.4 Å². The van der Waals surface area contributed by atoms with Gasteiger partial charge in [0, 0.05) is 6.61 Å². The fourth-order valence-electron chi connectivity index (χ4n) is 3.07. The highest BCUT2D eigenvalue weighted by Gasteiger charge is 2.58. The van der Waals surface area contributed by atoms with Crippen LogP contribution in [0.2, 0.25) is 0 Å². The predicted octanol–water partition coefficient (Wildman–Crippen LogP) is 3.71. The number of allylic oxidation sites excluding steroid dienone is 1. The number of carbonyl (C=O) groups is 3. The van der Waals surface area contributed by atoms with Gasteiger partial charge in [-0.05, 0) is 63.6 Å². The summed E-state index contributed by atoms with van der Waals surface area (Å²) in [7, 11) is 0. The van der Waals surface area contributed by atoms with Crippen molar-refractivity contribution in [1.29, 1.82) is 0 Å². The second kappa shape index (κ2) is 16.7. The van der Waals surface area contributed by atoms with Crippen LogP contribution >= 0.6 is 0 Å². The molecule has 0 bridgehead atoms. The molecule has 0 spiro atoms. The molecule has 1 aromatic rings. The number of rotatable bonds is 17. The normalized spacial score (nSPS) is 12.4. The molecule has 36 heavy (non-hydrogen) atoms.